The van der Waals surface area contributed by atoms with Crippen molar-refractivity contribution in [1.29, 1.82) is 0 Å². The summed E-state index contributed by atoms with van der Waals surface area (Å²) in [5, 5.41) is 3.34. The molecule has 1 aromatic heterocycles. The van der Waals surface area contributed by atoms with Crippen molar-refractivity contribution >= 4 is 14.0 Å². The fourth-order valence-corrected chi connectivity index (χ4v) is 0.732. The van der Waals surface area contributed by atoms with Crippen molar-refractivity contribution in [3.8, 4) is 0 Å². The Morgan fingerprint density at radius 2 is 2.58 bits per heavy atom. The van der Waals surface area contributed by atoms with Crippen LogP contribution in [-0.2, 0) is 4.74 Å². The topological polar surface area (TPSA) is 44.1 Å². The van der Waals surface area contributed by atoms with Gasteiger partial charge in [0.25, 0.3) is 7.98 Å². The van der Waals surface area contributed by atoms with E-state index in [0.29, 0.717) is 4.59 Å². The second kappa shape index (κ2) is 3.38. The number of esters is 1. The molecule has 1 rings (SSSR count). The fraction of sp³-hybridized carbons (Fsp3) is 0.333. The van der Waals surface area contributed by atoms with Crippen LogP contribution in [-0.4, -0.2) is 30.2 Å². The van der Waals surface area contributed by atoms with Crippen LogP contribution in [0.15, 0.2) is 6.20 Å². The van der Waals surface area contributed by atoms with Crippen LogP contribution in [0.3, 0.4) is 0 Å². The van der Waals surface area contributed by atoms with Gasteiger partial charge in [0.1, 0.15) is 0 Å². The third-order valence-corrected chi connectivity index (χ3v) is 1.22. The lowest BCUT2D eigenvalue weighted by molar-refractivity contribution is 0.0512. The van der Waals surface area contributed by atoms with Crippen LogP contribution in [0.5, 0.6) is 0 Å². The molecule has 0 fully saturated rings. The monoisotopic (exact) mass is 168 g/mol. The number of carbonyl (C=O) groups excluding carboxylic acids is 1. The Morgan fingerprint density at radius 3 is 3.00 bits per heavy atom. The number of aromatic nitrogens is 2. The van der Waals surface area contributed by atoms with E-state index in [4.69, 9.17) is 7.98 Å². The largest absolute Gasteiger partial charge is 0.461 e. The van der Waals surface area contributed by atoms with Crippen LogP contribution >= 0.6 is 0 Å². The number of nitrogens with zero attached hydrogens (tertiary/aromatic N) is 2. The summed E-state index contributed by atoms with van der Waals surface area (Å²) in [6.07, 6.45) is 0.853. The van der Waals surface area contributed by atoms with Crippen molar-refractivity contribution in [1.82, 2.24) is 9.69 Å². The quantitative estimate of drug-likeness (QED) is 0.465. The van der Waals surface area contributed by atoms with Crippen molar-refractivity contribution in [3.05, 3.63) is 17.7 Å². The average molecular weight is 168 g/mol. The van der Waals surface area contributed by atoms with E-state index in [0.717, 1.165) is 6.20 Å². The summed E-state index contributed by atoms with van der Waals surface area (Å²) in [6, 6.07) is 0. The highest BCUT2D eigenvalue weighted by atomic mass is 19.1. The molecule has 0 saturated heterocycles. The van der Waals surface area contributed by atoms with E-state index in [1.807, 2.05) is 0 Å². The van der Waals surface area contributed by atoms with E-state index in [1.165, 1.54) is 0 Å². The Labute approximate surface area is 69.7 Å². The van der Waals surface area contributed by atoms with Gasteiger partial charge in [0.2, 0.25) is 0 Å². The van der Waals surface area contributed by atoms with Crippen LogP contribution in [0.2, 0.25) is 0 Å². The lowest BCUT2D eigenvalue weighted by atomic mass is 10.3. The molecule has 4 nitrogen and oxygen atoms in total. The third kappa shape index (κ3) is 1.47. The van der Waals surface area contributed by atoms with Gasteiger partial charge < -0.3 is 9.33 Å². The molecule has 0 N–H and O–H groups in total. The zero-order valence-corrected chi connectivity index (χ0v) is 6.45. The Balaban J connectivity index is 2.93. The predicted molar refractivity (Wildman–Crippen MR) is 39.3 cm³/mol. The van der Waals surface area contributed by atoms with E-state index in [2.05, 4.69) is 9.84 Å². The molecule has 1 heterocycles. The zero-order valence-electron chi connectivity index (χ0n) is 6.45. The Morgan fingerprint density at radius 1 is 1.92 bits per heavy atom. The fourth-order valence-electron chi connectivity index (χ4n) is 0.732. The first-order chi connectivity index (χ1) is 5.66. The maximum atomic E-state index is 12.7. The minimum absolute atomic E-state index is 0.170. The van der Waals surface area contributed by atoms with Crippen molar-refractivity contribution in [2.45, 2.75) is 6.92 Å². The number of carbonyl (C=O) groups is 1. The van der Waals surface area contributed by atoms with Crippen LogP contribution < -0.4 is 0 Å². The molecule has 0 aliphatic heterocycles. The number of ether oxygens (including phenoxy) is 1. The SMILES string of the molecule is [B]n1ncc(F)c1C(=O)OCC. The molecule has 0 amide bonds. The van der Waals surface area contributed by atoms with E-state index in [1.54, 1.807) is 6.92 Å². The van der Waals surface area contributed by atoms with Crippen LogP contribution in [0.25, 0.3) is 0 Å². The lowest BCUT2D eigenvalue weighted by Gasteiger charge is -2.01. The molecule has 62 valence electrons. The van der Waals surface area contributed by atoms with Crippen molar-refractivity contribution < 1.29 is 13.9 Å². The molecule has 0 aromatic carbocycles. The summed E-state index contributed by atoms with van der Waals surface area (Å²) in [5.41, 5.74) is -0.364. The first-order valence-electron chi connectivity index (χ1n) is 3.32. The van der Waals surface area contributed by atoms with E-state index >= 15 is 0 Å². The maximum Gasteiger partial charge on any atom is 0.358 e. The highest BCUT2D eigenvalue weighted by Gasteiger charge is 2.16. The maximum absolute atomic E-state index is 12.7. The molecule has 12 heavy (non-hydrogen) atoms. The third-order valence-electron chi connectivity index (χ3n) is 1.22. The van der Waals surface area contributed by atoms with E-state index in [9.17, 15) is 9.18 Å². The van der Waals surface area contributed by atoms with Crippen LogP contribution in [0.4, 0.5) is 4.39 Å². The molecule has 0 bridgehead atoms. The summed E-state index contributed by atoms with van der Waals surface area (Å²) in [5.74, 6) is -1.59. The Hall–Kier alpha value is -1.33. The summed E-state index contributed by atoms with van der Waals surface area (Å²) < 4.78 is 17.9. The molecule has 0 spiro atoms. The number of rotatable bonds is 2. The van der Waals surface area contributed by atoms with Gasteiger partial charge in [0, 0.05) is 0 Å². The standard InChI is InChI=1S/C6H6BFN2O2/c1-2-12-6(11)5-4(8)3-9-10(5)7/h3H,2H2,1H3. The minimum Gasteiger partial charge on any atom is -0.461 e. The average Bonchev–Trinajstić information content (AvgIpc) is 2.32. The summed E-state index contributed by atoms with van der Waals surface area (Å²) in [6.45, 7) is 1.79. The van der Waals surface area contributed by atoms with E-state index in [-0.39, 0.29) is 12.3 Å². The molecule has 6 heteroatoms. The molecule has 0 aliphatic carbocycles. The van der Waals surface area contributed by atoms with Crippen molar-refractivity contribution in [2.24, 2.45) is 0 Å². The molecule has 0 saturated carbocycles. The van der Waals surface area contributed by atoms with Gasteiger partial charge in [-0.2, -0.15) is 5.10 Å². The van der Waals surface area contributed by atoms with Gasteiger partial charge in [-0.15, -0.1) is 0 Å². The Kier molecular flexibility index (Phi) is 2.47. The molecular formula is C6H6BFN2O2. The number of hydrogen-bond acceptors (Lipinski definition) is 3. The van der Waals surface area contributed by atoms with Gasteiger partial charge in [0.15, 0.2) is 11.5 Å². The molecular weight excluding hydrogens is 162 g/mol. The molecule has 1 aromatic rings. The van der Waals surface area contributed by atoms with Gasteiger partial charge in [0.05, 0.1) is 12.8 Å². The van der Waals surface area contributed by atoms with Crippen molar-refractivity contribution in [3.63, 3.8) is 0 Å². The predicted octanol–water partition coefficient (Wildman–Crippen LogP) is 0.130. The van der Waals surface area contributed by atoms with Gasteiger partial charge in [-0.3, -0.25) is 0 Å². The highest BCUT2D eigenvalue weighted by Crippen LogP contribution is 2.05. The lowest BCUT2D eigenvalue weighted by Crippen LogP contribution is -2.13. The summed E-state index contributed by atoms with van der Waals surface area (Å²) >= 11 is 0. The zero-order chi connectivity index (χ0) is 9.14. The molecule has 0 atom stereocenters. The number of hydrogen-bond donors (Lipinski definition) is 0. The normalized spacial score (nSPS) is 9.83. The number of halogens is 1. The first-order valence-corrected chi connectivity index (χ1v) is 3.32. The van der Waals surface area contributed by atoms with Gasteiger partial charge in [-0.1, -0.05) is 0 Å². The van der Waals surface area contributed by atoms with Crippen LogP contribution in [0, 0.1) is 5.82 Å². The second-order valence-corrected chi connectivity index (χ2v) is 2.01. The highest BCUT2D eigenvalue weighted by molar-refractivity contribution is 6.09. The van der Waals surface area contributed by atoms with Crippen LogP contribution in [0.1, 0.15) is 17.4 Å². The summed E-state index contributed by atoms with van der Waals surface area (Å²) in [7, 11) is 5.14. The summed E-state index contributed by atoms with van der Waals surface area (Å²) in [4.78, 5) is 10.9. The van der Waals surface area contributed by atoms with Gasteiger partial charge >= 0.3 is 5.97 Å². The molecule has 0 unspecified atom stereocenters. The second-order valence-electron chi connectivity index (χ2n) is 2.01. The van der Waals surface area contributed by atoms with E-state index < -0.39 is 11.8 Å². The van der Waals surface area contributed by atoms with Gasteiger partial charge in [-0.05, 0) is 6.92 Å². The molecule has 0 aliphatic rings. The first kappa shape index (κ1) is 8.77. The smallest absolute Gasteiger partial charge is 0.358 e. The van der Waals surface area contributed by atoms with Gasteiger partial charge in [-0.25, -0.2) is 9.18 Å². The van der Waals surface area contributed by atoms with Crippen molar-refractivity contribution in [2.75, 3.05) is 6.61 Å². The minimum atomic E-state index is -0.810. The Bertz CT molecular complexity index is 280. The molecule has 2 radical (unpaired) electrons.